The summed E-state index contributed by atoms with van der Waals surface area (Å²) in [6.07, 6.45) is 3.07. The number of hydrogen-bond donors (Lipinski definition) is 1. The highest BCUT2D eigenvalue weighted by atomic mass is 16.5. The number of nitrogens with one attached hydrogen (secondary N) is 1. The van der Waals surface area contributed by atoms with Gasteiger partial charge in [-0.1, -0.05) is 13.3 Å². The molecule has 23 heavy (non-hydrogen) atoms. The molecule has 0 bridgehead atoms. The molecular weight excluding hydrogens is 296 g/mol. The molecule has 0 heterocycles. The fraction of sp³-hybridized carbons (Fsp3) is 0.353. The van der Waals surface area contributed by atoms with Crippen molar-refractivity contribution >= 4 is 17.6 Å². The summed E-state index contributed by atoms with van der Waals surface area (Å²) in [6, 6.07) is 8.31. The third-order valence-corrected chi connectivity index (χ3v) is 2.85. The lowest BCUT2D eigenvalue weighted by Gasteiger charge is -2.06. The van der Waals surface area contributed by atoms with Gasteiger partial charge in [0.05, 0.1) is 18.8 Å². The van der Waals surface area contributed by atoms with E-state index >= 15 is 0 Å². The molecule has 0 aliphatic carbocycles. The minimum Gasteiger partial charge on any atom is -0.462 e. The van der Waals surface area contributed by atoms with E-state index in [4.69, 9.17) is 14.7 Å². The molecule has 1 aromatic rings. The zero-order valence-electron chi connectivity index (χ0n) is 13.3. The Morgan fingerprint density at radius 2 is 1.91 bits per heavy atom. The number of ether oxygens (including phenoxy) is 2. The van der Waals surface area contributed by atoms with Crippen molar-refractivity contribution in [3.63, 3.8) is 0 Å². The van der Waals surface area contributed by atoms with Gasteiger partial charge in [-0.3, -0.25) is 0 Å². The molecule has 0 aliphatic rings. The number of rotatable bonds is 8. The summed E-state index contributed by atoms with van der Waals surface area (Å²) in [5.74, 6) is -1.05. The first-order valence-corrected chi connectivity index (χ1v) is 7.43. The van der Waals surface area contributed by atoms with Gasteiger partial charge in [-0.05, 0) is 37.6 Å². The Morgan fingerprint density at radius 1 is 1.22 bits per heavy atom. The van der Waals surface area contributed by atoms with Crippen molar-refractivity contribution in [2.45, 2.75) is 26.7 Å². The average molecular weight is 316 g/mol. The molecule has 1 aromatic carbocycles. The van der Waals surface area contributed by atoms with Crippen LogP contribution in [0.25, 0.3) is 0 Å². The van der Waals surface area contributed by atoms with Crippen LogP contribution in [-0.4, -0.2) is 25.2 Å². The normalized spacial score (nSPS) is 10.6. The summed E-state index contributed by atoms with van der Waals surface area (Å²) >= 11 is 0. The molecule has 0 saturated carbocycles. The standard InChI is InChI=1S/C17H20N2O4/c1-3-5-10-23-16(20)13-6-8-15(9-7-13)19-12-14(11-18)17(21)22-4-2/h6-9,12,19H,3-5,10H2,1-2H3/b14-12+. The van der Waals surface area contributed by atoms with E-state index in [0.717, 1.165) is 12.8 Å². The number of carbonyl (C=O) groups is 2. The van der Waals surface area contributed by atoms with E-state index in [2.05, 4.69) is 5.32 Å². The van der Waals surface area contributed by atoms with E-state index in [0.29, 0.717) is 17.9 Å². The second-order valence-corrected chi connectivity index (χ2v) is 4.60. The molecule has 122 valence electrons. The second kappa shape index (κ2) is 10.0. The van der Waals surface area contributed by atoms with Crippen LogP contribution in [0.15, 0.2) is 36.0 Å². The Hall–Kier alpha value is -2.81. The van der Waals surface area contributed by atoms with Crippen molar-refractivity contribution in [2.75, 3.05) is 18.5 Å². The highest BCUT2D eigenvalue weighted by Crippen LogP contribution is 2.11. The van der Waals surface area contributed by atoms with Gasteiger partial charge in [0.2, 0.25) is 0 Å². The van der Waals surface area contributed by atoms with Gasteiger partial charge in [0.15, 0.2) is 5.57 Å². The van der Waals surface area contributed by atoms with E-state index in [-0.39, 0.29) is 18.1 Å². The summed E-state index contributed by atoms with van der Waals surface area (Å²) in [5, 5.41) is 11.7. The fourth-order valence-electron chi connectivity index (χ4n) is 1.60. The van der Waals surface area contributed by atoms with E-state index in [9.17, 15) is 9.59 Å². The summed E-state index contributed by atoms with van der Waals surface area (Å²) in [5.41, 5.74) is 0.948. The number of nitriles is 1. The summed E-state index contributed by atoms with van der Waals surface area (Å²) in [7, 11) is 0. The van der Waals surface area contributed by atoms with E-state index in [1.165, 1.54) is 6.20 Å². The number of carbonyl (C=O) groups excluding carboxylic acids is 2. The third-order valence-electron chi connectivity index (χ3n) is 2.85. The van der Waals surface area contributed by atoms with Crippen molar-refractivity contribution in [3.05, 3.63) is 41.6 Å². The van der Waals surface area contributed by atoms with Crippen molar-refractivity contribution in [3.8, 4) is 6.07 Å². The summed E-state index contributed by atoms with van der Waals surface area (Å²) in [4.78, 5) is 23.2. The van der Waals surface area contributed by atoms with E-state index in [1.54, 1.807) is 37.3 Å². The van der Waals surface area contributed by atoms with Crippen molar-refractivity contribution < 1.29 is 19.1 Å². The van der Waals surface area contributed by atoms with Crippen LogP contribution in [0.4, 0.5) is 5.69 Å². The number of benzene rings is 1. The number of anilines is 1. The topological polar surface area (TPSA) is 88.4 Å². The molecule has 6 heteroatoms. The third kappa shape index (κ3) is 6.22. The van der Waals surface area contributed by atoms with E-state index in [1.807, 2.05) is 6.92 Å². The Kier molecular flexibility index (Phi) is 7.94. The van der Waals surface area contributed by atoms with Gasteiger partial charge in [-0.15, -0.1) is 0 Å². The number of esters is 2. The molecule has 0 fully saturated rings. The first kappa shape index (κ1) is 18.2. The van der Waals surface area contributed by atoms with Gasteiger partial charge >= 0.3 is 11.9 Å². The minimum absolute atomic E-state index is 0.130. The smallest absolute Gasteiger partial charge is 0.350 e. The average Bonchev–Trinajstić information content (AvgIpc) is 2.56. The highest BCUT2D eigenvalue weighted by molar-refractivity contribution is 5.93. The van der Waals surface area contributed by atoms with Gasteiger partial charge < -0.3 is 14.8 Å². The lowest BCUT2D eigenvalue weighted by molar-refractivity contribution is -0.138. The van der Waals surface area contributed by atoms with E-state index < -0.39 is 5.97 Å². The maximum Gasteiger partial charge on any atom is 0.350 e. The van der Waals surface area contributed by atoms with Gasteiger partial charge in [-0.25, -0.2) is 9.59 Å². The number of hydrogen-bond acceptors (Lipinski definition) is 6. The van der Waals surface area contributed by atoms with Crippen LogP contribution in [0.5, 0.6) is 0 Å². The van der Waals surface area contributed by atoms with Crippen LogP contribution >= 0.6 is 0 Å². The quantitative estimate of drug-likeness (QED) is 0.343. The Morgan fingerprint density at radius 3 is 2.48 bits per heavy atom. The molecular formula is C17H20N2O4. The Bertz CT molecular complexity index is 600. The first-order valence-electron chi connectivity index (χ1n) is 7.43. The van der Waals surface area contributed by atoms with Crippen molar-refractivity contribution in [2.24, 2.45) is 0 Å². The van der Waals surface area contributed by atoms with Gasteiger partial charge in [-0.2, -0.15) is 5.26 Å². The van der Waals surface area contributed by atoms with Crippen LogP contribution in [0.2, 0.25) is 0 Å². The minimum atomic E-state index is -0.682. The molecule has 0 aliphatic heterocycles. The van der Waals surface area contributed by atoms with Crippen molar-refractivity contribution in [1.82, 2.24) is 0 Å². The molecule has 0 aromatic heterocycles. The fourth-order valence-corrected chi connectivity index (χ4v) is 1.60. The lowest BCUT2D eigenvalue weighted by Crippen LogP contribution is -2.08. The van der Waals surface area contributed by atoms with Crippen LogP contribution < -0.4 is 5.32 Å². The van der Waals surface area contributed by atoms with Crippen LogP contribution in [0.3, 0.4) is 0 Å². The number of unbranched alkanes of at least 4 members (excludes halogenated alkanes) is 1. The zero-order chi connectivity index (χ0) is 17.1. The molecule has 1 N–H and O–H groups in total. The highest BCUT2D eigenvalue weighted by Gasteiger charge is 2.09. The largest absolute Gasteiger partial charge is 0.462 e. The molecule has 0 atom stereocenters. The SMILES string of the molecule is CCCCOC(=O)c1ccc(N/C=C(\C#N)C(=O)OCC)cc1. The first-order chi connectivity index (χ1) is 11.1. The zero-order valence-corrected chi connectivity index (χ0v) is 13.3. The summed E-state index contributed by atoms with van der Waals surface area (Å²) in [6.45, 7) is 4.29. The lowest BCUT2D eigenvalue weighted by atomic mass is 10.2. The monoisotopic (exact) mass is 316 g/mol. The predicted molar refractivity (Wildman–Crippen MR) is 85.6 cm³/mol. The van der Waals surface area contributed by atoms with Crippen LogP contribution in [0.1, 0.15) is 37.0 Å². The molecule has 0 amide bonds. The second-order valence-electron chi connectivity index (χ2n) is 4.60. The van der Waals surface area contributed by atoms with Crippen molar-refractivity contribution in [1.29, 1.82) is 5.26 Å². The molecule has 0 spiro atoms. The predicted octanol–water partition coefficient (Wildman–Crippen LogP) is 3.03. The van der Waals surface area contributed by atoms with Gasteiger partial charge in [0.1, 0.15) is 6.07 Å². The summed E-state index contributed by atoms with van der Waals surface area (Å²) < 4.78 is 9.86. The maximum atomic E-state index is 11.7. The Balaban J connectivity index is 2.65. The van der Waals surface area contributed by atoms with Crippen LogP contribution in [0, 0.1) is 11.3 Å². The molecule has 6 nitrogen and oxygen atoms in total. The van der Waals surface area contributed by atoms with Gasteiger partial charge in [0.25, 0.3) is 0 Å². The number of nitrogens with zero attached hydrogens (tertiary/aromatic N) is 1. The maximum absolute atomic E-state index is 11.7. The molecule has 0 unspecified atom stereocenters. The molecule has 0 radical (unpaired) electrons. The van der Waals surface area contributed by atoms with Crippen LogP contribution in [-0.2, 0) is 14.3 Å². The molecule has 0 saturated heterocycles. The van der Waals surface area contributed by atoms with Gasteiger partial charge in [0, 0.05) is 11.9 Å². The Labute approximate surface area is 135 Å². The molecule has 1 rings (SSSR count).